The molecule has 0 fully saturated rings. The number of hydrogen-bond donors (Lipinski definition) is 0. The van der Waals surface area contributed by atoms with Crippen LogP contribution in [0.5, 0.6) is 0 Å². The van der Waals surface area contributed by atoms with Crippen LogP contribution in [-0.2, 0) is 5.41 Å². The highest BCUT2D eigenvalue weighted by Crippen LogP contribution is 2.52. The van der Waals surface area contributed by atoms with E-state index >= 15 is 0 Å². The average molecular weight is 642 g/mol. The number of fused-ring (bicyclic) bond motifs is 8. The molecule has 0 N–H and O–H groups in total. The molecule has 2 aromatic heterocycles. The fourth-order valence-corrected chi connectivity index (χ4v) is 7.85. The van der Waals surface area contributed by atoms with E-state index in [0.717, 1.165) is 44.2 Å². The summed E-state index contributed by atoms with van der Waals surface area (Å²) in [7, 11) is 0. The van der Waals surface area contributed by atoms with Gasteiger partial charge in [0, 0.05) is 32.9 Å². The standard InChI is InChI=1S/C46H31N3O/c1-46(2)37-20-8-6-18-36(37)42-38(46)25-23-28-14-11-19-33(41(28)42)30-15-10-16-31(26-30)44-47-43(29-12-4-3-5-13-29)48-45(49-44)32-22-24-35-34-17-7-9-21-39(34)50-40(35)27-32/h3-27H,1-2H3. The molecule has 0 saturated heterocycles. The van der Waals surface area contributed by atoms with Crippen molar-refractivity contribution in [2.45, 2.75) is 19.3 Å². The Labute approximate surface area is 289 Å². The Bertz CT molecular complexity index is 2790. The van der Waals surface area contributed by atoms with Crippen LogP contribution in [0.15, 0.2) is 156 Å². The summed E-state index contributed by atoms with van der Waals surface area (Å²) >= 11 is 0. The lowest BCUT2D eigenvalue weighted by molar-refractivity contribution is 0.661. The molecule has 9 aromatic rings. The number of furan rings is 1. The Hall–Kier alpha value is -6.39. The highest BCUT2D eigenvalue weighted by Gasteiger charge is 2.36. The van der Waals surface area contributed by atoms with E-state index in [1.807, 2.05) is 54.6 Å². The number of hydrogen-bond acceptors (Lipinski definition) is 4. The monoisotopic (exact) mass is 641 g/mol. The summed E-state index contributed by atoms with van der Waals surface area (Å²) < 4.78 is 6.24. The second kappa shape index (κ2) is 10.8. The van der Waals surface area contributed by atoms with Crippen LogP contribution in [0, 0.1) is 0 Å². The lowest BCUT2D eigenvalue weighted by Gasteiger charge is -2.21. The summed E-state index contributed by atoms with van der Waals surface area (Å²) in [5.41, 5.74) is 12.0. The summed E-state index contributed by atoms with van der Waals surface area (Å²) in [5, 5.41) is 4.68. The van der Waals surface area contributed by atoms with Crippen molar-refractivity contribution in [2.75, 3.05) is 0 Å². The third-order valence-corrected chi connectivity index (χ3v) is 10.3. The van der Waals surface area contributed by atoms with E-state index in [9.17, 15) is 0 Å². The summed E-state index contributed by atoms with van der Waals surface area (Å²) in [6, 6.07) is 53.1. The molecule has 4 nitrogen and oxygen atoms in total. The molecule has 1 aliphatic carbocycles. The Kier molecular flexibility index (Phi) is 6.19. The average Bonchev–Trinajstić information content (AvgIpc) is 3.66. The fourth-order valence-electron chi connectivity index (χ4n) is 7.85. The van der Waals surface area contributed by atoms with E-state index in [2.05, 4.69) is 111 Å². The van der Waals surface area contributed by atoms with Gasteiger partial charge in [-0.1, -0.05) is 141 Å². The lowest BCUT2D eigenvalue weighted by atomic mass is 9.81. The van der Waals surface area contributed by atoms with Crippen molar-refractivity contribution in [3.63, 3.8) is 0 Å². The van der Waals surface area contributed by atoms with E-state index in [0.29, 0.717) is 17.5 Å². The number of para-hydroxylation sites is 1. The van der Waals surface area contributed by atoms with E-state index in [1.165, 1.54) is 38.6 Å². The van der Waals surface area contributed by atoms with Crippen molar-refractivity contribution in [1.82, 2.24) is 15.0 Å². The summed E-state index contributed by atoms with van der Waals surface area (Å²) in [4.78, 5) is 15.1. The highest BCUT2D eigenvalue weighted by atomic mass is 16.3. The minimum Gasteiger partial charge on any atom is -0.456 e. The van der Waals surface area contributed by atoms with E-state index in [1.54, 1.807) is 0 Å². The van der Waals surface area contributed by atoms with Crippen molar-refractivity contribution < 1.29 is 4.42 Å². The molecule has 0 spiro atoms. The highest BCUT2D eigenvalue weighted by molar-refractivity contribution is 6.10. The second-order valence-corrected chi connectivity index (χ2v) is 13.6. The van der Waals surface area contributed by atoms with Crippen molar-refractivity contribution >= 4 is 32.7 Å². The zero-order valence-corrected chi connectivity index (χ0v) is 27.7. The molecule has 0 amide bonds. The number of nitrogens with zero attached hydrogens (tertiary/aromatic N) is 3. The maximum atomic E-state index is 6.24. The zero-order chi connectivity index (χ0) is 33.4. The third-order valence-electron chi connectivity index (χ3n) is 10.3. The second-order valence-electron chi connectivity index (χ2n) is 13.6. The molecule has 0 bridgehead atoms. The first-order chi connectivity index (χ1) is 24.5. The molecule has 0 radical (unpaired) electrons. The van der Waals surface area contributed by atoms with Gasteiger partial charge >= 0.3 is 0 Å². The van der Waals surface area contributed by atoms with Crippen LogP contribution in [0.4, 0.5) is 0 Å². The molecule has 236 valence electrons. The first-order valence-electron chi connectivity index (χ1n) is 17.0. The Balaban J connectivity index is 1.15. The van der Waals surface area contributed by atoms with Gasteiger partial charge in [-0.15, -0.1) is 0 Å². The van der Waals surface area contributed by atoms with Gasteiger partial charge in [-0.25, -0.2) is 15.0 Å². The molecule has 10 rings (SSSR count). The number of rotatable bonds is 4. The van der Waals surface area contributed by atoms with Gasteiger partial charge in [-0.2, -0.15) is 0 Å². The molecular formula is C46H31N3O. The Morgan fingerprint density at radius 1 is 0.440 bits per heavy atom. The van der Waals surface area contributed by atoms with Gasteiger partial charge in [0.1, 0.15) is 11.2 Å². The predicted molar refractivity (Wildman–Crippen MR) is 204 cm³/mol. The summed E-state index contributed by atoms with van der Waals surface area (Å²) in [6.45, 7) is 4.67. The number of benzene rings is 7. The van der Waals surface area contributed by atoms with Crippen molar-refractivity contribution in [2.24, 2.45) is 0 Å². The topological polar surface area (TPSA) is 51.8 Å². The quantitative estimate of drug-likeness (QED) is 0.192. The SMILES string of the molecule is CC1(C)c2ccccc2-c2c1ccc1cccc(-c3cccc(-c4nc(-c5ccccc5)nc(-c5ccc6c(c5)oc5ccccc56)n4)c3)c21. The predicted octanol–water partition coefficient (Wildman–Crippen LogP) is 11.9. The van der Waals surface area contributed by atoms with Crippen LogP contribution in [0.25, 0.3) is 89.1 Å². The van der Waals surface area contributed by atoms with E-state index < -0.39 is 0 Å². The van der Waals surface area contributed by atoms with Crippen LogP contribution < -0.4 is 0 Å². The van der Waals surface area contributed by atoms with Gasteiger partial charge in [0.2, 0.25) is 0 Å². The molecule has 2 heterocycles. The minimum atomic E-state index is -0.0738. The van der Waals surface area contributed by atoms with Crippen LogP contribution in [0.1, 0.15) is 25.0 Å². The van der Waals surface area contributed by atoms with Crippen molar-refractivity contribution in [3.8, 4) is 56.4 Å². The molecular weight excluding hydrogens is 611 g/mol. The summed E-state index contributed by atoms with van der Waals surface area (Å²) in [5.74, 6) is 1.85. The molecule has 0 saturated carbocycles. The molecule has 50 heavy (non-hydrogen) atoms. The van der Waals surface area contributed by atoms with Gasteiger partial charge in [0.25, 0.3) is 0 Å². The van der Waals surface area contributed by atoms with E-state index in [4.69, 9.17) is 19.4 Å². The van der Waals surface area contributed by atoms with E-state index in [-0.39, 0.29) is 5.41 Å². The van der Waals surface area contributed by atoms with Crippen molar-refractivity contribution in [3.05, 3.63) is 163 Å². The minimum absolute atomic E-state index is 0.0738. The van der Waals surface area contributed by atoms with Crippen LogP contribution >= 0.6 is 0 Å². The van der Waals surface area contributed by atoms with Gasteiger partial charge in [0.05, 0.1) is 0 Å². The smallest absolute Gasteiger partial charge is 0.164 e. The largest absolute Gasteiger partial charge is 0.456 e. The van der Waals surface area contributed by atoms with Crippen LogP contribution in [0.2, 0.25) is 0 Å². The fraction of sp³-hybridized carbons (Fsp3) is 0.0652. The molecule has 0 aliphatic heterocycles. The van der Waals surface area contributed by atoms with Crippen LogP contribution in [-0.4, -0.2) is 15.0 Å². The Morgan fingerprint density at radius 2 is 1.08 bits per heavy atom. The van der Waals surface area contributed by atoms with Gasteiger partial charge in [-0.05, 0) is 68.4 Å². The molecule has 0 atom stereocenters. The molecule has 7 aromatic carbocycles. The number of aromatic nitrogens is 3. The molecule has 0 unspecified atom stereocenters. The van der Waals surface area contributed by atoms with Gasteiger partial charge < -0.3 is 4.42 Å². The van der Waals surface area contributed by atoms with Crippen LogP contribution in [0.3, 0.4) is 0 Å². The van der Waals surface area contributed by atoms with Crippen molar-refractivity contribution in [1.29, 1.82) is 0 Å². The Morgan fingerprint density at radius 3 is 1.94 bits per heavy atom. The zero-order valence-electron chi connectivity index (χ0n) is 27.7. The summed E-state index contributed by atoms with van der Waals surface area (Å²) in [6.07, 6.45) is 0. The maximum absolute atomic E-state index is 6.24. The normalized spacial score (nSPS) is 13.2. The first kappa shape index (κ1) is 28.6. The van der Waals surface area contributed by atoms with Gasteiger partial charge in [-0.3, -0.25) is 0 Å². The molecule has 4 heteroatoms. The molecule has 1 aliphatic rings. The first-order valence-corrected chi connectivity index (χ1v) is 17.0. The maximum Gasteiger partial charge on any atom is 0.164 e. The lowest BCUT2D eigenvalue weighted by Crippen LogP contribution is -2.14. The third kappa shape index (κ3) is 4.35. The van der Waals surface area contributed by atoms with Gasteiger partial charge in [0.15, 0.2) is 17.5 Å².